The highest BCUT2D eigenvalue weighted by Gasteiger charge is 2.07. The number of hydrogen-bond donors (Lipinski definition) is 1. The summed E-state index contributed by atoms with van der Waals surface area (Å²) in [4.78, 5) is 23.2. The average Bonchev–Trinajstić information content (AvgIpc) is 2.24. The van der Waals surface area contributed by atoms with Crippen LogP contribution in [0, 0.1) is 0 Å². The first kappa shape index (κ1) is 14.5. The minimum absolute atomic E-state index is 0.295. The molecule has 6 heteroatoms. The first-order chi connectivity index (χ1) is 8.38. The maximum atomic E-state index is 11.5. The molecule has 0 unspecified atom stereocenters. The summed E-state index contributed by atoms with van der Waals surface area (Å²) in [5.41, 5.74) is 0.770. The quantitative estimate of drug-likeness (QED) is 0.866. The largest absolute Gasteiger partial charge is 0.478 e. The van der Waals surface area contributed by atoms with Gasteiger partial charge in [0.25, 0.3) is 0 Å². The second kappa shape index (κ2) is 6.42. The summed E-state index contributed by atoms with van der Waals surface area (Å²) in [5, 5.41) is 9.39. The van der Waals surface area contributed by atoms with Gasteiger partial charge in [0.1, 0.15) is 0 Å². The van der Waals surface area contributed by atoms with Crippen molar-refractivity contribution in [3.8, 4) is 0 Å². The molecule has 0 heterocycles. The SMILES string of the molecule is CN(Cc1cc(Cl)cc(Cl)c1)C(=O)/C=C/C(=O)O. The second-order valence-corrected chi connectivity index (χ2v) is 4.52. The van der Waals surface area contributed by atoms with Gasteiger partial charge in [0.2, 0.25) is 5.91 Å². The van der Waals surface area contributed by atoms with Gasteiger partial charge < -0.3 is 10.0 Å². The Balaban J connectivity index is 2.72. The molecule has 0 aliphatic heterocycles. The first-order valence-corrected chi connectivity index (χ1v) is 5.75. The van der Waals surface area contributed by atoms with Crippen molar-refractivity contribution in [2.75, 3.05) is 7.05 Å². The fourth-order valence-corrected chi connectivity index (χ4v) is 1.90. The molecular weight excluding hydrogens is 277 g/mol. The molecule has 1 aromatic rings. The first-order valence-electron chi connectivity index (χ1n) is 4.99. The van der Waals surface area contributed by atoms with Crippen molar-refractivity contribution in [3.05, 3.63) is 46.0 Å². The van der Waals surface area contributed by atoms with Crippen LogP contribution >= 0.6 is 23.2 Å². The van der Waals surface area contributed by atoms with Crippen LogP contribution in [0.4, 0.5) is 0 Å². The number of halogens is 2. The van der Waals surface area contributed by atoms with Gasteiger partial charge in [0.15, 0.2) is 0 Å². The molecule has 1 rings (SSSR count). The van der Waals surface area contributed by atoms with E-state index >= 15 is 0 Å². The smallest absolute Gasteiger partial charge is 0.328 e. The summed E-state index contributed by atoms with van der Waals surface area (Å²) < 4.78 is 0. The third-order valence-electron chi connectivity index (χ3n) is 2.09. The zero-order valence-electron chi connectivity index (χ0n) is 9.56. The van der Waals surface area contributed by atoms with E-state index in [9.17, 15) is 9.59 Å². The Hall–Kier alpha value is -1.52. The minimum Gasteiger partial charge on any atom is -0.478 e. The lowest BCUT2D eigenvalue weighted by Gasteiger charge is -2.15. The van der Waals surface area contributed by atoms with Crippen LogP contribution in [0.1, 0.15) is 5.56 Å². The van der Waals surface area contributed by atoms with E-state index in [0.29, 0.717) is 16.6 Å². The predicted molar refractivity (Wildman–Crippen MR) is 69.7 cm³/mol. The van der Waals surface area contributed by atoms with E-state index in [1.165, 1.54) is 4.90 Å². The normalized spacial score (nSPS) is 10.6. The van der Waals surface area contributed by atoms with Crippen molar-refractivity contribution < 1.29 is 14.7 Å². The molecule has 0 aliphatic carbocycles. The molecule has 18 heavy (non-hydrogen) atoms. The number of carbonyl (C=O) groups excluding carboxylic acids is 1. The van der Waals surface area contributed by atoms with Gasteiger partial charge >= 0.3 is 5.97 Å². The zero-order valence-corrected chi connectivity index (χ0v) is 11.1. The van der Waals surface area contributed by atoms with Gasteiger partial charge in [-0.2, -0.15) is 0 Å². The van der Waals surface area contributed by atoms with Crippen molar-refractivity contribution in [2.24, 2.45) is 0 Å². The number of nitrogens with zero attached hydrogens (tertiary/aromatic N) is 1. The van der Waals surface area contributed by atoms with E-state index in [1.54, 1.807) is 25.2 Å². The Morgan fingerprint density at radius 3 is 2.28 bits per heavy atom. The Kier molecular flexibility index (Phi) is 5.19. The Bertz CT molecular complexity index is 480. The number of carbonyl (C=O) groups is 2. The molecule has 4 nitrogen and oxygen atoms in total. The van der Waals surface area contributed by atoms with Gasteiger partial charge in [-0.05, 0) is 23.8 Å². The van der Waals surface area contributed by atoms with Gasteiger partial charge in [0.05, 0.1) is 0 Å². The molecule has 0 saturated heterocycles. The van der Waals surface area contributed by atoms with Crippen LogP contribution in [-0.2, 0) is 16.1 Å². The van der Waals surface area contributed by atoms with Crippen LogP contribution in [-0.4, -0.2) is 28.9 Å². The van der Waals surface area contributed by atoms with Crippen LogP contribution < -0.4 is 0 Å². The van der Waals surface area contributed by atoms with Crippen LogP contribution in [0.3, 0.4) is 0 Å². The third kappa shape index (κ3) is 4.77. The number of amides is 1. The van der Waals surface area contributed by atoms with Gasteiger partial charge in [-0.15, -0.1) is 0 Å². The maximum Gasteiger partial charge on any atom is 0.328 e. The molecule has 0 bridgehead atoms. The topological polar surface area (TPSA) is 57.6 Å². The molecule has 0 radical (unpaired) electrons. The van der Waals surface area contributed by atoms with Crippen LogP contribution in [0.2, 0.25) is 10.0 Å². The minimum atomic E-state index is -1.16. The van der Waals surface area contributed by atoms with Crippen LogP contribution in [0.5, 0.6) is 0 Å². The summed E-state index contributed by atoms with van der Waals surface area (Å²) in [6.07, 6.45) is 1.79. The number of likely N-dealkylation sites (N-methyl/N-ethyl adjacent to an activating group) is 1. The fraction of sp³-hybridized carbons (Fsp3) is 0.167. The summed E-state index contributed by atoms with van der Waals surface area (Å²) in [5.74, 6) is -1.57. The van der Waals surface area contributed by atoms with E-state index in [2.05, 4.69) is 0 Å². The molecule has 96 valence electrons. The number of hydrogen-bond acceptors (Lipinski definition) is 2. The number of benzene rings is 1. The van der Waals surface area contributed by atoms with Gasteiger partial charge in [-0.25, -0.2) is 4.79 Å². The summed E-state index contributed by atoms with van der Waals surface area (Å²) in [6, 6.07) is 4.98. The number of carboxylic acids is 1. The standard InChI is InChI=1S/C12H11Cl2NO3/c1-15(11(16)2-3-12(17)18)7-8-4-9(13)6-10(14)5-8/h2-6H,7H2,1H3,(H,17,18)/b3-2+. The second-order valence-electron chi connectivity index (χ2n) is 3.64. The summed E-state index contributed by atoms with van der Waals surface area (Å²) in [7, 11) is 1.56. The van der Waals surface area contributed by atoms with Crippen LogP contribution in [0.15, 0.2) is 30.4 Å². The molecule has 0 fully saturated rings. The molecule has 1 aromatic carbocycles. The summed E-state index contributed by atoms with van der Waals surface area (Å²) in [6.45, 7) is 0.295. The molecule has 0 spiro atoms. The number of aliphatic carboxylic acids is 1. The van der Waals surface area contributed by atoms with Crippen molar-refractivity contribution in [3.63, 3.8) is 0 Å². The molecule has 0 aromatic heterocycles. The molecule has 0 aliphatic rings. The van der Waals surface area contributed by atoms with Crippen LogP contribution in [0.25, 0.3) is 0 Å². The van der Waals surface area contributed by atoms with Gasteiger partial charge in [-0.1, -0.05) is 23.2 Å². The molecule has 1 N–H and O–H groups in total. The lowest BCUT2D eigenvalue weighted by molar-refractivity contribution is -0.132. The van der Waals surface area contributed by atoms with E-state index in [0.717, 1.165) is 17.7 Å². The highest BCUT2D eigenvalue weighted by Crippen LogP contribution is 2.19. The molecule has 1 amide bonds. The number of carboxylic acid groups (broad SMARTS) is 1. The average molecular weight is 288 g/mol. The number of rotatable bonds is 4. The highest BCUT2D eigenvalue weighted by atomic mass is 35.5. The Morgan fingerprint density at radius 1 is 1.22 bits per heavy atom. The van der Waals surface area contributed by atoms with Gasteiger partial charge in [-0.3, -0.25) is 4.79 Å². The lowest BCUT2D eigenvalue weighted by atomic mass is 10.2. The lowest BCUT2D eigenvalue weighted by Crippen LogP contribution is -2.24. The zero-order chi connectivity index (χ0) is 13.7. The van der Waals surface area contributed by atoms with E-state index in [1.807, 2.05) is 0 Å². The highest BCUT2D eigenvalue weighted by molar-refractivity contribution is 6.34. The summed E-state index contributed by atoms with van der Waals surface area (Å²) >= 11 is 11.7. The Labute approximate surface area is 114 Å². The Morgan fingerprint density at radius 2 is 1.78 bits per heavy atom. The predicted octanol–water partition coefficient (Wildman–Crippen LogP) is 2.59. The van der Waals surface area contributed by atoms with Crippen molar-refractivity contribution in [1.82, 2.24) is 4.90 Å². The van der Waals surface area contributed by atoms with Crippen molar-refractivity contribution in [1.29, 1.82) is 0 Å². The molecular formula is C12H11Cl2NO3. The van der Waals surface area contributed by atoms with Crippen molar-refractivity contribution >= 4 is 35.1 Å². The third-order valence-corrected chi connectivity index (χ3v) is 2.52. The van der Waals surface area contributed by atoms with E-state index in [-0.39, 0.29) is 0 Å². The monoisotopic (exact) mass is 287 g/mol. The fourth-order valence-electron chi connectivity index (χ4n) is 1.32. The molecule has 0 atom stereocenters. The maximum absolute atomic E-state index is 11.5. The molecule has 0 saturated carbocycles. The van der Waals surface area contributed by atoms with E-state index < -0.39 is 11.9 Å². The van der Waals surface area contributed by atoms with Gasteiger partial charge in [0, 0.05) is 35.8 Å². The van der Waals surface area contributed by atoms with Crippen molar-refractivity contribution in [2.45, 2.75) is 6.54 Å². The van der Waals surface area contributed by atoms with E-state index in [4.69, 9.17) is 28.3 Å².